The average molecular weight is 366 g/mol. The summed E-state index contributed by atoms with van der Waals surface area (Å²) in [5.41, 5.74) is 3.21. The zero-order valence-corrected chi connectivity index (χ0v) is 15.1. The smallest absolute Gasteiger partial charge is 0.135 e. The number of halogens is 1. The minimum absolute atomic E-state index is 0.706. The van der Waals surface area contributed by atoms with E-state index in [1.165, 1.54) is 18.5 Å². The lowest BCUT2D eigenvalue weighted by molar-refractivity contribution is 0.949. The van der Waals surface area contributed by atoms with Gasteiger partial charge < -0.3 is 15.5 Å². The number of aromatic nitrogens is 2. The lowest BCUT2D eigenvalue weighted by Crippen LogP contribution is -2.17. The van der Waals surface area contributed by atoms with E-state index in [1.807, 2.05) is 30.3 Å². The van der Waals surface area contributed by atoms with Crippen LogP contribution in [-0.2, 0) is 0 Å². The largest absolute Gasteiger partial charge is 0.372 e. The predicted molar refractivity (Wildman–Crippen MR) is 108 cm³/mol. The van der Waals surface area contributed by atoms with Crippen LogP contribution in [0.25, 0.3) is 0 Å². The van der Waals surface area contributed by atoms with Crippen LogP contribution in [0.5, 0.6) is 0 Å². The summed E-state index contributed by atoms with van der Waals surface area (Å²) in [6.07, 6.45) is 4.11. The molecule has 2 aromatic carbocycles. The van der Waals surface area contributed by atoms with E-state index >= 15 is 0 Å². The third kappa shape index (κ3) is 4.06. The molecular weight excluding hydrogens is 346 g/mol. The van der Waals surface area contributed by atoms with Gasteiger partial charge in [0.2, 0.25) is 0 Å². The van der Waals surface area contributed by atoms with Crippen molar-refractivity contribution in [3.8, 4) is 0 Å². The molecule has 0 aliphatic carbocycles. The molecule has 4 rings (SSSR count). The molecule has 0 atom stereocenters. The van der Waals surface area contributed by atoms with Gasteiger partial charge in [0.25, 0.3) is 0 Å². The number of hydrogen-bond donors (Lipinski definition) is 2. The Kier molecular flexibility index (Phi) is 4.88. The van der Waals surface area contributed by atoms with E-state index in [9.17, 15) is 0 Å². The average Bonchev–Trinajstić information content (AvgIpc) is 3.19. The van der Waals surface area contributed by atoms with Crippen molar-refractivity contribution in [3.05, 3.63) is 65.9 Å². The van der Waals surface area contributed by atoms with Gasteiger partial charge in [-0.25, -0.2) is 9.97 Å². The van der Waals surface area contributed by atoms with E-state index in [-0.39, 0.29) is 0 Å². The molecule has 26 heavy (non-hydrogen) atoms. The van der Waals surface area contributed by atoms with Crippen molar-refractivity contribution in [2.75, 3.05) is 28.6 Å². The van der Waals surface area contributed by atoms with Gasteiger partial charge in [-0.15, -0.1) is 0 Å². The summed E-state index contributed by atoms with van der Waals surface area (Å²) in [6, 6.07) is 17.9. The van der Waals surface area contributed by atoms with Gasteiger partial charge in [0, 0.05) is 41.2 Å². The molecule has 132 valence electrons. The van der Waals surface area contributed by atoms with E-state index < -0.39 is 0 Å². The fourth-order valence-electron chi connectivity index (χ4n) is 3.05. The zero-order chi connectivity index (χ0) is 17.8. The van der Waals surface area contributed by atoms with Gasteiger partial charge in [0.1, 0.15) is 18.0 Å². The first-order valence-electron chi connectivity index (χ1n) is 8.73. The van der Waals surface area contributed by atoms with Gasteiger partial charge in [-0.05, 0) is 61.4 Å². The first-order chi connectivity index (χ1) is 12.8. The molecule has 0 bridgehead atoms. The van der Waals surface area contributed by atoms with Crippen LogP contribution in [0, 0.1) is 0 Å². The van der Waals surface area contributed by atoms with E-state index in [0.29, 0.717) is 5.02 Å². The van der Waals surface area contributed by atoms with Gasteiger partial charge in [-0.3, -0.25) is 0 Å². The highest BCUT2D eigenvalue weighted by Crippen LogP contribution is 2.24. The molecule has 1 aliphatic heterocycles. The molecule has 3 aromatic rings. The lowest BCUT2D eigenvalue weighted by Gasteiger charge is -2.18. The minimum Gasteiger partial charge on any atom is -0.372 e. The Labute approximate surface area is 158 Å². The first-order valence-corrected chi connectivity index (χ1v) is 9.11. The number of benzene rings is 2. The molecule has 1 aromatic heterocycles. The normalized spacial score (nSPS) is 13.7. The molecule has 0 saturated carbocycles. The summed E-state index contributed by atoms with van der Waals surface area (Å²) >= 11 is 5.92. The molecule has 1 fully saturated rings. The van der Waals surface area contributed by atoms with Crippen molar-refractivity contribution in [2.45, 2.75) is 12.8 Å². The molecule has 6 heteroatoms. The fourth-order valence-corrected chi connectivity index (χ4v) is 3.18. The Morgan fingerprint density at radius 3 is 1.88 bits per heavy atom. The summed E-state index contributed by atoms with van der Waals surface area (Å²) in [4.78, 5) is 11.0. The van der Waals surface area contributed by atoms with Crippen molar-refractivity contribution in [1.29, 1.82) is 0 Å². The van der Waals surface area contributed by atoms with Crippen molar-refractivity contribution in [3.63, 3.8) is 0 Å². The molecule has 1 aliphatic rings. The maximum absolute atomic E-state index is 5.92. The van der Waals surface area contributed by atoms with Crippen molar-refractivity contribution >= 4 is 40.3 Å². The molecule has 0 unspecified atom stereocenters. The summed E-state index contributed by atoms with van der Waals surface area (Å²) in [6.45, 7) is 2.30. The maximum atomic E-state index is 5.92. The van der Waals surface area contributed by atoms with Crippen LogP contribution in [0.2, 0.25) is 5.02 Å². The first kappa shape index (κ1) is 16.7. The number of hydrogen-bond acceptors (Lipinski definition) is 5. The van der Waals surface area contributed by atoms with Crippen LogP contribution in [0.4, 0.5) is 28.7 Å². The summed E-state index contributed by atoms with van der Waals surface area (Å²) in [7, 11) is 0. The van der Waals surface area contributed by atoms with Crippen molar-refractivity contribution in [1.82, 2.24) is 9.97 Å². The Morgan fingerprint density at radius 1 is 0.769 bits per heavy atom. The third-order valence-corrected chi connectivity index (χ3v) is 4.65. The molecule has 0 spiro atoms. The van der Waals surface area contributed by atoms with E-state index in [2.05, 4.69) is 49.8 Å². The monoisotopic (exact) mass is 365 g/mol. The van der Waals surface area contributed by atoms with Crippen LogP contribution < -0.4 is 15.5 Å². The standard InChI is InChI=1S/C20H20ClN5/c21-15-3-5-16(6-4-15)24-19-13-20(23-14-22-19)25-17-7-9-18(10-8-17)26-11-1-2-12-26/h3-10,13-14H,1-2,11-12H2,(H2,22,23,24,25). The second kappa shape index (κ2) is 7.62. The maximum Gasteiger partial charge on any atom is 0.135 e. The Balaban J connectivity index is 1.44. The molecule has 1 saturated heterocycles. The van der Waals surface area contributed by atoms with Gasteiger partial charge in [0.05, 0.1) is 0 Å². The van der Waals surface area contributed by atoms with Gasteiger partial charge >= 0.3 is 0 Å². The summed E-state index contributed by atoms with van der Waals surface area (Å²) in [5.74, 6) is 1.46. The van der Waals surface area contributed by atoms with Gasteiger partial charge in [0.15, 0.2) is 0 Å². The highest BCUT2D eigenvalue weighted by Gasteiger charge is 2.11. The molecule has 0 radical (unpaired) electrons. The van der Waals surface area contributed by atoms with Gasteiger partial charge in [-0.2, -0.15) is 0 Å². The van der Waals surface area contributed by atoms with Crippen molar-refractivity contribution in [2.24, 2.45) is 0 Å². The van der Waals surface area contributed by atoms with E-state index in [1.54, 1.807) is 6.33 Å². The molecule has 2 heterocycles. The fraction of sp³-hybridized carbons (Fsp3) is 0.200. The SMILES string of the molecule is Clc1ccc(Nc2cc(Nc3ccc(N4CCCC4)cc3)ncn2)cc1. The second-order valence-electron chi connectivity index (χ2n) is 6.29. The van der Waals surface area contributed by atoms with Crippen LogP contribution in [0.1, 0.15) is 12.8 Å². The number of anilines is 5. The molecule has 0 amide bonds. The van der Waals surface area contributed by atoms with Crippen LogP contribution in [0.3, 0.4) is 0 Å². The number of rotatable bonds is 5. The highest BCUT2D eigenvalue weighted by atomic mass is 35.5. The van der Waals surface area contributed by atoms with Crippen LogP contribution >= 0.6 is 11.6 Å². The summed E-state index contributed by atoms with van der Waals surface area (Å²) < 4.78 is 0. The lowest BCUT2D eigenvalue weighted by atomic mass is 10.2. The summed E-state index contributed by atoms with van der Waals surface area (Å²) in [5, 5.41) is 7.28. The van der Waals surface area contributed by atoms with Crippen LogP contribution in [-0.4, -0.2) is 23.1 Å². The zero-order valence-electron chi connectivity index (χ0n) is 14.3. The number of nitrogens with zero attached hydrogens (tertiary/aromatic N) is 3. The Hall–Kier alpha value is -2.79. The number of nitrogens with one attached hydrogen (secondary N) is 2. The Bertz CT molecular complexity index is 858. The van der Waals surface area contributed by atoms with Crippen molar-refractivity contribution < 1.29 is 0 Å². The molecule has 5 nitrogen and oxygen atoms in total. The van der Waals surface area contributed by atoms with Crippen LogP contribution in [0.15, 0.2) is 60.9 Å². The third-order valence-electron chi connectivity index (χ3n) is 4.39. The molecule has 2 N–H and O–H groups in total. The highest BCUT2D eigenvalue weighted by molar-refractivity contribution is 6.30. The van der Waals surface area contributed by atoms with E-state index in [0.717, 1.165) is 36.1 Å². The second-order valence-corrected chi connectivity index (χ2v) is 6.72. The van der Waals surface area contributed by atoms with Gasteiger partial charge in [-0.1, -0.05) is 11.6 Å². The minimum atomic E-state index is 0.706. The molecular formula is C20H20ClN5. The predicted octanol–water partition coefficient (Wildman–Crippen LogP) is 5.22. The quantitative estimate of drug-likeness (QED) is 0.649. The Morgan fingerprint density at radius 2 is 1.31 bits per heavy atom. The van der Waals surface area contributed by atoms with E-state index in [4.69, 9.17) is 11.6 Å². The topological polar surface area (TPSA) is 53.1 Å².